The fourth-order valence-electron chi connectivity index (χ4n) is 3.51. The van der Waals surface area contributed by atoms with E-state index >= 15 is 0 Å². The Morgan fingerprint density at radius 2 is 0.958 bits per heavy atom. The molecule has 0 spiro atoms. The lowest BCUT2D eigenvalue weighted by molar-refractivity contribution is -0.438. The molecule has 0 aliphatic rings. The quantitative estimate of drug-likeness (QED) is 0.0321. The number of aliphatic carboxylic acids is 4. The van der Waals surface area contributed by atoms with E-state index < -0.39 is 96.6 Å². The van der Waals surface area contributed by atoms with Crippen molar-refractivity contribution in [2.75, 3.05) is 11.5 Å². The van der Waals surface area contributed by atoms with Crippen LogP contribution in [0.25, 0.3) is 0 Å². The van der Waals surface area contributed by atoms with Crippen molar-refractivity contribution in [3.05, 3.63) is 0 Å². The van der Waals surface area contributed by atoms with Gasteiger partial charge in [-0.3, -0.25) is 19.2 Å². The second kappa shape index (κ2) is 23.6. The van der Waals surface area contributed by atoms with E-state index in [1.165, 1.54) is 0 Å². The summed E-state index contributed by atoms with van der Waals surface area (Å²) in [6.45, 7) is 0. The van der Waals surface area contributed by atoms with Crippen LogP contribution in [0.3, 0.4) is 0 Å². The van der Waals surface area contributed by atoms with E-state index in [1.807, 2.05) is 0 Å². The predicted molar refractivity (Wildman–Crippen MR) is 159 cm³/mol. The van der Waals surface area contributed by atoms with Crippen molar-refractivity contribution in [2.24, 2.45) is 0 Å². The van der Waals surface area contributed by atoms with Crippen LogP contribution in [0, 0.1) is 22.7 Å². The summed E-state index contributed by atoms with van der Waals surface area (Å²) in [7, 11) is 1.80. The highest BCUT2D eigenvalue weighted by Gasteiger charge is 2.29. The van der Waals surface area contributed by atoms with Gasteiger partial charge in [-0.05, 0) is 12.8 Å². The normalized spacial score (nSPS) is 14.2. The smallest absolute Gasteiger partial charge is 0.327 e. The first-order valence-corrected chi connectivity index (χ1v) is 16.7. The summed E-state index contributed by atoms with van der Waals surface area (Å²) in [6, 6.07) is -4.88. The molecule has 0 saturated heterocycles. The average molecular weight is 719 g/mol. The van der Waals surface area contributed by atoms with Crippen LogP contribution in [0.1, 0.15) is 51.4 Å². The lowest BCUT2D eigenvalue weighted by atomic mass is 10.1. The molecule has 0 aliphatic heterocycles. The monoisotopic (exact) mass is 718 g/mol. The maximum absolute atomic E-state index is 12.9. The van der Waals surface area contributed by atoms with Gasteiger partial charge in [0.15, 0.2) is 0 Å². The third kappa shape index (κ3) is 18.5. The van der Waals surface area contributed by atoms with E-state index in [2.05, 4.69) is 32.7 Å². The first-order chi connectivity index (χ1) is 22.5. The van der Waals surface area contributed by atoms with E-state index in [-0.39, 0.29) is 50.0 Å². The first kappa shape index (κ1) is 43.4. The number of carbonyl (C=O) groups excluding carboxylic acids is 6. The number of hydrogen-bond donors (Lipinski definition) is 8. The van der Waals surface area contributed by atoms with Crippen LogP contribution in [-0.4, -0.2) is 105 Å². The summed E-state index contributed by atoms with van der Waals surface area (Å²) in [5, 5.41) is 67.1. The van der Waals surface area contributed by atoms with E-state index in [1.54, 1.807) is 12.1 Å². The molecule has 0 heterocycles. The number of carboxylic acids is 4. The maximum Gasteiger partial charge on any atom is 0.327 e. The number of amides is 4. The summed E-state index contributed by atoms with van der Waals surface area (Å²) in [4.78, 5) is 95.3. The molecule has 266 valence electrons. The molecule has 20 nitrogen and oxygen atoms in total. The van der Waals surface area contributed by atoms with Crippen molar-refractivity contribution in [1.29, 1.82) is 10.5 Å². The van der Waals surface area contributed by atoms with Crippen LogP contribution in [0.5, 0.6) is 0 Å². The van der Waals surface area contributed by atoms with E-state index in [4.69, 9.17) is 10.5 Å². The highest BCUT2D eigenvalue weighted by atomic mass is 33.1. The van der Waals surface area contributed by atoms with Gasteiger partial charge in [0, 0.05) is 37.2 Å². The molecule has 0 aromatic carbocycles. The van der Waals surface area contributed by atoms with Crippen LogP contribution < -0.4 is 42.9 Å². The molecular weight excluding hydrogens is 680 g/mol. The van der Waals surface area contributed by atoms with Crippen LogP contribution in [-0.2, 0) is 38.4 Å². The lowest BCUT2D eigenvalue weighted by Gasteiger charge is -2.22. The number of carboxylic acid groups (broad SMARTS) is 4. The van der Waals surface area contributed by atoms with Crippen LogP contribution in [0.2, 0.25) is 0 Å². The fourth-order valence-corrected chi connectivity index (χ4v) is 5.84. The standard InChI is InChI=1S/C26H38N8O12S2/c27-9-7-15(25(43)44)33-21(37)17(31-19(35)5-1-3-13(29)23(39)40)11-47-48-12-18(22(38)34-16(8-10-28)26(45)46)32-20(36)6-2-4-14(30)24(41)42/h13-18H,1-8,11-12,29-30H2,(H,31,35)(H,32,36)(H,33,37)(H,34,38)(H,39,40)(H,41,42)(H,43,44)(H,45,46)/t13-,14-,15+,16+,17-,18-/m0/s1. The summed E-state index contributed by atoms with van der Waals surface area (Å²) in [6.07, 6.45) is -1.47. The summed E-state index contributed by atoms with van der Waals surface area (Å²) in [5.74, 6) is -9.62. The predicted octanol–water partition coefficient (Wildman–Crippen LogP) is -6.64. The van der Waals surface area contributed by atoms with Crippen molar-refractivity contribution in [2.45, 2.75) is 87.6 Å². The molecule has 0 bridgehead atoms. The molecule has 4 amide bonds. The number of hydrogen-bond acceptors (Lipinski definition) is 14. The van der Waals surface area contributed by atoms with Crippen molar-refractivity contribution < 1.29 is 70.2 Å². The van der Waals surface area contributed by atoms with Crippen molar-refractivity contribution in [1.82, 2.24) is 21.3 Å². The highest BCUT2D eigenvalue weighted by Crippen LogP contribution is 2.23. The zero-order valence-corrected chi connectivity index (χ0v) is 27.3. The summed E-state index contributed by atoms with van der Waals surface area (Å²) in [5.41, 5.74) is 6.75. The van der Waals surface area contributed by atoms with Gasteiger partial charge in [0.25, 0.3) is 0 Å². The van der Waals surface area contributed by atoms with Gasteiger partial charge in [-0.15, -0.1) is 0 Å². The molecule has 0 radical (unpaired) electrons. The van der Waals surface area contributed by atoms with Gasteiger partial charge in [-0.25, -0.2) is 9.59 Å². The Bertz CT molecular complexity index is 1160. The van der Waals surface area contributed by atoms with Gasteiger partial charge in [-0.2, -0.15) is 10.5 Å². The van der Waals surface area contributed by atoms with E-state index in [0.717, 1.165) is 21.6 Å². The van der Waals surface area contributed by atoms with Gasteiger partial charge in [-0.1, -0.05) is 21.6 Å². The lowest BCUT2D eigenvalue weighted by Crippen LogP contribution is -2.68. The largest absolute Gasteiger partial charge is 0.544 e. The number of nitrogens with one attached hydrogen (secondary N) is 4. The first-order valence-electron chi connectivity index (χ1n) is 14.2. The molecule has 48 heavy (non-hydrogen) atoms. The second-order valence-corrected chi connectivity index (χ2v) is 12.7. The molecule has 6 atom stereocenters. The van der Waals surface area contributed by atoms with Crippen molar-refractivity contribution in [3.8, 4) is 12.1 Å². The minimum Gasteiger partial charge on any atom is -0.544 e. The molecule has 0 unspecified atom stereocenters. The molecule has 0 fully saturated rings. The summed E-state index contributed by atoms with van der Waals surface area (Å²) >= 11 is 0. The average Bonchev–Trinajstić information content (AvgIpc) is 3.00. The number of carbonyl (C=O) groups is 8. The van der Waals surface area contributed by atoms with Crippen molar-refractivity contribution >= 4 is 69.1 Å². The third-order valence-corrected chi connectivity index (χ3v) is 8.68. The van der Waals surface area contributed by atoms with Gasteiger partial charge < -0.3 is 62.7 Å². The van der Waals surface area contributed by atoms with Gasteiger partial charge in [0.05, 0.1) is 36.9 Å². The molecule has 0 aliphatic carbocycles. The third-order valence-electron chi connectivity index (χ3n) is 6.26. The molecule has 12 N–H and O–H groups in total. The van der Waals surface area contributed by atoms with Gasteiger partial charge >= 0.3 is 11.9 Å². The maximum atomic E-state index is 12.9. The van der Waals surface area contributed by atoms with Crippen LogP contribution in [0.15, 0.2) is 0 Å². The highest BCUT2D eigenvalue weighted by molar-refractivity contribution is 8.76. The fraction of sp³-hybridized carbons (Fsp3) is 0.615. The van der Waals surface area contributed by atoms with E-state index in [0.29, 0.717) is 0 Å². The number of rotatable bonds is 25. The number of nitriles is 2. The molecule has 22 heteroatoms. The topological polar surface area (TPSA) is 374 Å². The van der Waals surface area contributed by atoms with Crippen LogP contribution >= 0.6 is 21.6 Å². The van der Waals surface area contributed by atoms with Crippen LogP contribution in [0.4, 0.5) is 0 Å². The Morgan fingerprint density at radius 3 is 1.23 bits per heavy atom. The SMILES string of the molecule is N#CC[C@@H](NC(=O)[C@H](CSSC[C@H](NC(=O)CCC[C@H]([NH3+])C(=O)[O-])C(=O)N[C@H](CC#N)C(=O)O)NC(=O)CCC[C@H]([NH3+])C(=O)[O-])C(=O)O. The molecule has 0 aromatic rings. The van der Waals surface area contributed by atoms with Gasteiger partial charge in [0.2, 0.25) is 23.6 Å². The molecular formula is C26H38N8O12S2. The molecule has 0 aromatic heterocycles. The Hall–Kier alpha value is -4.64. The minimum atomic E-state index is -1.60. The second-order valence-electron chi connectivity index (χ2n) is 10.1. The molecule has 0 rings (SSSR count). The number of nitrogens with zero attached hydrogens (tertiary/aromatic N) is 2. The van der Waals surface area contributed by atoms with E-state index in [9.17, 15) is 58.8 Å². The zero-order chi connectivity index (χ0) is 36.8. The minimum absolute atomic E-state index is 0.000563. The Labute approximate surface area is 282 Å². The summed E-state index contributed by atoms with van der Waals surface area (Å²) < 4.78 is 0. The van der Waals surface area contributed by atoms with Crippen molar-refractivity contribution in [3.63, 3.8) is 0 Å². The zero-order valence-electron chi connectivity index (χ0n) is 25.6. The Kier molecular flexibility index (Phi) is 21.4. The molecule has 0 saturated carbocycles. The van der Waals surface area contributed by atoms with Gasteiger partial charge in [0.1, 0.15) is 36.3 Å². The Balaban J connectivity index is 5.65. The number of quaternary nitrogens is 2. The Morgan fingerprint density at radius 1 is 0.625 bits per heavy atom.